The molecule has 30 heavy (non-hydrogen) atoms. The minimum atomic E-state index is 0.112. The van der Waals surface area contributed by atoms with Gasteiger partial charge in [-0.1, -0.05) is 5.57 Å². The van der Waals surface area contributed by atoms with Crippen molar-refractivity contribution in [2.45, 2.75) is 57.0 Å². The number of rotatable bonds is 3. The van der Waals surface area contributed by atoms with E-state index in [2.05, 4.69) is 45.2 Å². The summed E-state index contributed by atoms with van der Waals surface area (Å²) in [6.45, 7) is 4.66. The molecular weight excluding hydrogens is 376 g/mol. The second kappa shape index (κ2) is 7.02. The molecular formula is C23H26N6O. The zero-order valence-electron chi connectivity index (χ0n) is 17.3. The van der Waals surface area contributed by atoms with Crippen molar-refractivity contribution in [2.24, 2.45) is 0 Å². The molecule has 2 saturated heterocycles. The molecule has 2 aliphatic rings. The van der Waals surface area contributed by atoms with E-state index in [0.717, 1.165) is 18.5 Å². The second-order valence-electron chi connectivity index (χ2n) is 9.11. The predicted molar refractivity (Wildman–Crippen MR) is 115 cm³/mol. The molecule has 2 bridgehead atoms. The SMILES string of the molecule is C[C@]12CCC[C@](C)(C/C(=C\c3cnc(-c4cnc(-n5ccnc5)cc4O)cn3)C1)N2. The summed E-state index contributed by atoms with van der Waals surface area (Å²) in [7, 11) is 0. The van der Waals surface area contributed by atoms with Gasteiger partial charge in [0.1, 0.15) is 17.9 Å². The van der Waals surface area contributed by atoms with Gasteiger partial charge in [0.25, 0.3) is 0 Å². The van der Waals surface area contributed by atoms with Crippen molar-refractivity contribution in [1.82, 2.24) is 29.8 Å². The first-order valence-electron chi connectivity index (χ1n) is 10.4. The first-order chi connectivity index (χ1) is 14.4. The number of hydrogen-bond donors (Lipinski definition) is 2. The van der Waals surface area contributed by atoms with Gasteiger partial charge >= 0.3 is 0 Å². The summed E-state index contributed by atoms with van der Waals surface area (Å²) in [4.78, 5) is 17.5. The zero-order valence-corrected chi connectivity index (χ0v) is 17.3. The molecule has 154 valence electrons. The summed E-state index contributed by atoms with van der Waals surface area (Å²) in [5.41, 5.74) is 3.79. The largest absolute Gasteiger partial charge is 0.507 e. The molecule has 0 spiro atoms. The molecule has 3 aromatic rings. The van der Waals surface area contributed by atoms with E-state index >= 15 is 0 Å². The average molecular weight is 403 g/mol. The Hall–Kier alpha value is -3.06. The summed E-state index contributed by atoms with van der Waals surface area (Å²) in [5, 5.41) is 14.3. The lowest BCUT2D eigenvalue weighted by molar-refractivity contribution is 0.124. The molecule has 0 aliphatic carbocycles. The summed E-state index contributed by atoms with van der Waals surface area (Å²) in [5.74, 6) is 0.711. The van der Waals surface area contributed by atoms with Crippen LogP contribution in [0, 0.1) is 0 Å². The van der Waals surface area contributed by atoms with Crippen LogP contribution in [0.15, 0.2) is 49.0 Å². The van der Waals surface area contributed by atoms with Crippen molar-refractivity contribution in [3.63, 3.8) is 0 Å². The molecule has 5 rings (SSSR count). The third-order valence-electron chi connectivity index (χ3n) is 6.23. The van der Waals surface area contributed by atoms with Crippen LogP contribution < -0.4 is 5.32 Å². The molecule has 0 aromatic carbocycles. The summed E-state index contributed by atoms with van der Waals surface area (Å²) < 4.78 is 1.74. The fourth-order valence-corrected chi connectivity index (χ4v) is 5.08. The first kappa shape index (κ1) is 18.9. The Labute approximate surface area is 176 Å². The highest BCUT2D eigenvalue weighted by molar-refractivity contribution is 5.66. The third-order valence-corrected chi connectivity index (χ3v) is 6.23. The first-order valence-corrected chi connectivity index (χ1v) is 10.4. The summed E-state index contributed by atoms with van der Waals surface area (Å²) in [6, 6.07) is 1.60. The van der Waals surface area contributed by atoms with Crippen molar-refractivity contribution in [3.05, 3.63) is 54.6 Å². The van der Waals surface area contributed by atoms with Crippen LogP contribution in [0.5, 0.6) is 5.75 Å². The number of pyridine rings is 1. The molecule has 0 amide bonds. The van der Waals surface area contributed by atoms with Crippen molar-refractivity contribution in [3.8, 4) is 22.8 Å². The molecule has 2 atom stereocenters. The second-order valence-corrected chi connectivity index (χ2v) is 9.11. The normalized spacial score (nSPS) is 27.3. The van der Waals surface area contributed by atoms with Gasteiger partial charge in [0, 0.05) is 35.7 Å². The van der Waals surface area contributed by atoms with E-state index in [1.54, 1.807) is 47.9 Å². The minimum absolute atomic E-state index is 0.112. The zero-order chi connectivity index (χ0) is 20.8. The van der Waals surface area contributed by atoms with E-state index < -0.39 is 0 Å². The Bertz CT molecular complexity index is 1070. The number of piperidine rings is 2. The molecule has 7 heteroatoms. The Morgan fingerprint density at radius 2 is 1.87 bits per heavy atom. The van der Waals surface area contributed by atoms with E-state index in [9.17, 15) is 5.11 Å². The van der Waals surface area contributed by atoms with Gasteiger partial charge in [-0.25, -0.2) is 9.97 Å². The fourth-order valence-electron chi connectivity index (χ4n) is 5.08. The molecule has 7 nitrogen and oxygen atoms in total. The summed E-state index contributed by atoms with van der Waals surface area (Å²) >= 11 is 0. The number of imidazole rings is 1. The Morgan fingerprint density at radius 3 is 2.50 bits per heavy atom. The van der Waals surface area contributed by atoms with Gasteiger partial charge in [-0.2, -0.15) is 0 Å². The van der Waals surface area contributed by atoms with Gasteiger partial charge in [-0.15, -0.1) is 0 Å². The van der Waals surface area contributed by atoms with Crippen LogP contribution >= 0.6 is 0 Å². The van der Waals surface area contributed by atoms with Crippen molar-refractivity contribution >= 4 is 6.08 Å². The summed E-state index contributed by atoms with van der Waals surface area (Å²) in [6.07, 6.45) is 18.2. The fraction of sp³-hybridized carbons (Fsp3) is 0.391. The highest BCUT2D eigenvalue weighted by atomic mass is 16.3. The standard InChI is InChI=1S/C23H26N6O/c1-22-4-3-5-23(2,28-22)11-16(10-22)8-17-12-26-19(14-25-17)18-13-27-21(9-20(18)30)29-7-6-24-15-29/h6-9,12-15,28H,3-5,10-11H2,1-2H3,(H,27,30)/b16-8-/t22-,23+/m0/s1. The molecule has 2 fully saturated rings. The Balaban J connectivity index is 1.38. The van der Waals surface area contributed by atoms with Crippen LogP contribution in [0.2, 0.25) is 0 Å². The van der Waals surface area contributed by atoms with Gasteiger partial charge < -0.3 is 10.4 Å². The van der Waals surface area contributed by atoms with Crippen molar-refractivity contribution < 1.29 is 5.11 Å². The van der Waals surface area contributed by atoms with Crippen molar-refractivity contribution in [1.29, 1.82) is 0 Å². The predicted octanol–water partition coefficient (Wildman–Crippen LogP) is 3.90. The number of nitrogens with one attached hydrogen (secondary N) is 1. The van der Waals surface area contributed by atoms with E-state index in [-0.39, 0.29) is 16.8 Å². The van der Waals surface area contributed by atoms with Crippen LogP contribution in [0.4, 0.5) is 0 Å². The topological polar surface area (TPSA) is 88.8 Å². The lowest BCUT2D eigenvalue weighted by Crippen LogP contribution is -2.61. The van der Waals surface area contributed by atoms with Crippen LogP contribution in [0.3, 0.4) is 0 Å². The minimum Gasteiger partial charge on any atom is -0.507 e. The van der Waals surface area contributed by atoms with Crippen LogP contribution in [0.1, 0.15) is 51.6 Å². The molecule has 0 saturated carbocycles. The highest BCUT2D eigenvalue weighted by Crippen LogP contribution is 2.42. The van der Waals surface area contributed by atoms with Gasteiger partial charge in [-0.05, 0) is 52.0 Å². The average Bonchev–Trinajstić information content (AvgIpc) is 3.22. The molecule has 2 aliphatic heterocycles. The van der Waals surface area contributed by atoms with Gasteiger partial charge in [0.15, 0.2) is 0 Å². The maximum atomic E-state index is 10.5. The van der Waals surface area contributed by atoms with E-state index in [0.29, 0.717) is 17.1 Å². The van der Waals surface area contributed by atoms with Crippen LogP contribution in [0.25, 0.3) is 23.2 Å². The number of fused-ring (bicyclic) bond motifs is 2. The monoisotopic (exact) mass is 402 g/mol. The van der Waals surface area contributed by atoms with E-state index in [4.69, 9.17) is 0 Å². The Kier molecular flexibility index (Phi) is 4.43. The molecule has 3 aromatic heterocycles. The number of hydrogen-bond acceptors (Lipinski definition) is 6. The third kappa shape index (κ3) is 3.61. The van der Waals surface area contributed by atoms with E-state index in [1.165, 1.54) is 24.8 Å². The maximum absolute atomic E-state index is 10.5. The molecule has 2 N–H and O–H groups in total. The molecule has 0 radical (unpaired) electrons. The van der Waals surface area contributed by atoms with Gasteiger partial charge in [-0.3, -0.25) is 14.5 Å². The van der Waals surface area contributed by atoms with Crippen LogP contribution in [-0.4, -0.2) is 40.7 Å². The number of aromatic hydroxyl groups is 1. The van der Waals surface area contributed by atoms with Gasteiger partial charge in [0.05, 0.1) is 29.3 Å². The van der Waals surface area contributed by atoms with Crippen molar-refractivity contribution in [2.75, 3.05) is 0 Å². The molecule has 0 unspecified atom stereocenters. The van der Waals surface area contributed by atoms with Gasteiger partial charge in [0.2, 0.25) is 0 Å². The Morgan fingerprint density at radius 1 is 1.07 bits per heavy atom. The smallest absolute Gasteiger partial charge is 0.141 e. The molecule has 5 heterocycles. The van der Waals surface area contributed by atoms with E-state index in [1.807, 2.05) is 0 Å². The number of nitrogens with zero attached hydrogens (tertiary/aromatic N) is 5. The van der Waals surface area contributed by atoms with Crippen LogP contribution in [-0.2, 0) is 0 Å². The lowest BCUT2D eigenvalue weighted by Gasteiger charge is -2.51. The maximum Gasteiger partial charge on any atom is 0.141 e. The lowest BCUT2D eigenvalue weighted by atomic mass is 9.69. The number of aromatic nitrogens is 5. The highest BCUT2D eigenvalue weighted by Gasteiger charge is 2.43. The quantitative estimate of drug-likeness (QED) is 0.691.